The summed E-state index contributed by atoms with van der Waals surface area (Å²) >= 11 is 15.0. The molecule has 2 rings (SSSR count). The predicted octanol–water partition coefficient (Wildman–Crippen LogP) is 0.306. The van der Waals surface area contributed by atoms with E-state index in [4.69, 9.17) is 43.2 Å². The van der Waals surface area contributed by atoms with Crippen LogP contribution in [0.4, 0.5) is 0 Å². The zero-order chi connectivity index (χ0) is 14.3. The van der Waals surface area contributed by atoms with Gasteiger partial charge in [0.25, 0.3) is 5.72 Å². The quantitative estimate of drug-likeness (QED) is 0.541. The number of nitrogens with zero attached hydrogens (tertiary/aromatic N) is 3. The first-order valence-electron chi connectivity index (χ1n) is 5.04. The molecule has 0 saturated carbocycles. The van der Waals surface area contributed by atoms with Crippen molar-refractivity contribution in [1.29, 1.82) is 0 Å². The van der Waals surface area contributed by atoms with Crippen LogP contribution in [0.25, 0.3) is 0 Å². The third-order valence-electron chi connectivity index (χ3n) is 2.82. The Kier molecular flexibility index (Phi) is 4.11. The topological polar surface area (TPSA) is 93.7 Å². The van der Waals surface area contributed by atoms with Crippen LogP contribution >= 0.6 is 39.1 Å². The van der Waals surface area contributed by atoms with Crippen LogP contribution in [0, 0.1) is 0 Å². The molecule has 19 heavy (non-hydrogen) atoms. The van der Waals surface area contributed by atoms with Crippen molar-refractivity contribution in [2.75, 3.05) is 20.3 Å². The number of aliphatic imine (C=N–C) groups is 2. The Labute approximate surface area is 127 Å². The number of fused-ring (bicyclic) bond motifs is 1. The lowest BCUT2D eigenvalue weighted by molar-refractivity contribution is -0.357. The SMILES string of the molecule is CON1C(N)(Br)N=C(Cl)C2(OC)NC=NC12OCCl. The van der Waals surface area contributed by atoms with Crippen molar-refractivity contribution in [2.24, 2.45) is 15.7 Å². The third kappa shape index (κ3) is 1.92. The smallest absolute Gasteiger partial charge is 0.303 e. The largest absolute Gasteiger partial charge is 0.347 e. The molecule has 0 radical (unpaired) electrons. The molecule has 0 spiro atoms. The highest BCUT2D eigenvalue weighted by Crippen LogP contribution is 2.46. The summed E-state index contributed by atoms with van der Waals surface area (Å²) in [4.78, 5) is 13.5. The molecule has 0 aromatic rings. The van der Waals surface area contributed by atoms with Crippen LogP contribution in [0.15, 0.2) is 9.98 Å². The summed E-state index contributed by atoms with van der Waals surface area (Å²) in [6.07, 6.45) is 1.36. The molecule has 0 aliphatic carbocycles. The summed E-state index contributed by atoms with van der Waals surface area (Å²) in [6.45, 7) is 0. The van der Waals surface area contributed by atoms with Gasteiger partial charge in [0.1, 0.15) is 6.07 Å². The monoisotopic (exact) mass is 375 g/mol. The van der Waals surface area contributed by atoms with Gasteiger partial charge in [-0.15, -0.1) is 0 Å². The maximum Gasteiger partial charge on any atom is 0.303 e. The van der Waals surface area contributed by atoms with Crippen LogP contribution < -0.4 is 11.1 Å². The van der Waals surface area contributed by atoms with E-state index in [0.717, 1.165) is 5.06 Å². The Hall–Kier alpha value is -0.0000000000000000555. The van der Waals surface area contributed by atoms with E-state index in [1.54, 1.807) is 0 Å². The van der Waals surface area contributed by atoms with E-state index in [-0.39, 0.29) is 11.2 Å². The summed E-state index contributed by atoms with van der Waals surface area (Å²) < 4.78 is 9.43. The first-order valence-corrected chi connectivity index (χ1v) is 6.75. The number of nitrogens with two attached hydrogens (primary N) is 1. The van der Waals surface area contributed by atoms with Gasteiger partial charge in [0, 0.05) is 7.11 Å². The third-order valence-corrected chi connectivity index (χ3v) is 3.78. The highest BCUT2D eigenvalue weighted by Gasteiger charge is 2.70. The molecule has 2 heterocycles. The number of halogens is 3. The van der Waals surface area contributed by atoms with E-state index >= 15 is 0 Å². The molecule has 3 unspecified atom stereocenters. The van der Waals surface area contributed by atoms with Gasteiger partial charge >= 0.3 is 5.85 Å². The van der Waals surface area contributed by atoms with Gasteiger partial charge in [-0.1, -0.05) is 28.3 Å². The molecule has 0 saturated heterocycles. The van der Waals surface area contributed by atoms with E-state index in [1.165, 1.54) is 20.6 Å². The second-order valence-corrected chi connectivity index (χ2v) is 5.41. The minimum atomic E-state index is -1.56. The Morgan fingerprint density at radius 1 is 1.58 bits per heavy atom. The number of alkyl halides is 2. The average Bonchev–Trinajstić information content (AvgIpc) is 2.69. The van der Waals surface area contributed by atoms with Gasteiger partial charge in [0.15, 0.2) is 5.17 Å². The lowest BCUT2D eigenvalue weighted by atomic mass is 10.1. The maximum absolute atomic E-state index is 6.17. The predicted molar refractivity (Wildman–Crippen MR) is 73.9 cm³/mol. The van der Waals surface area contributed by atoms with Gasteiger partial charge in [-0.2, -0.15) is 0 Å². The number of hydrogen-bond donors (Lipinski definition) is 2. The Bertz CT molecular complexity index is 437. The Morgan fingerprint density at radius 3 is 2.79 bits per heavy atom. The number of ether oxygens (including phenoxy) is 2. The second kappa shape index (κ2) is 5.08. The summed E-state index contributed by atoms with van der Waals surface area (Å²) in [5.41, 5.74) is 4.57. The van der Waals surface area contributed by atoms with E-state index in [9.17, 15) is 0 Å². The summed E-state index contributed by atoms with van der Waals surface area (Å²) in [7, 11) is 2.79. The highest BCUT2D eigenvalue weighted by molar-refractivity contribution is 9.10. The second-order valence-electron chi connectivity index (χ2n) is 3.67. The van der Waals surface area contributed by atoms with Crippen LogP contribution in [0.3, 0.4) is 0 Å². The summed E-state index contributed by atoms with van der Waals surface area (Å²) in [6, 6.07) is -0.197. The van der Waals surface area contributed by atoms with Gasteiger partial charge in [0.2, 0.25) is 4.70 Å². The molecular formula is C8H12BrCl2N5O3. The van der Waals surface area contributed by atoms with Crippen LogP contribution in [0.2, 0.25) is 0 Å². The normalized spacial score (nSPS) is 41.9. The van der Waals surface area contributed by atoms with Crippen molar-refractivity contribution in [3.8, 4) is 0 Å². The molecule has 8 nitrogen and oxygen atoms in total. The van der Waals surface area contributed by atoms with Crippen LogP contribution in [0.5, 0.6) is 0 Å². The summed E-state index contributed by atoms with van der Waals surface area (Å²) in [5, 5.41) is 3.99. The minimum absolute atomic E-state index is 0.00490. The van der Waals surface area contributed by atoms with Crippen LogP contribution in [0.1, 0.15) is 0 Å². The molecule has 0 amide bonds. The molecule has 2 aliphatic heterocycles. The zero-order valence-electron chi connectivity index (χ0n) is 10.1. The number of hydroxylamine groups is 2. The number of nitrogens with one attached hydrogen (secondary N) is 1. The van der Waals surface area contributed by atoms with E-state index in [0.29, 0.717) is 0 Å². The van der Waals surface area contributed by atoms with E-state index in [1.807, 2.05) is 0 Å². The summed E-state index contributed by atoms with van der Waals surface area (Å²) in [5.74, 6) is -1.56. The Balaban J connectivity index is 2.65. The fourth-order valence-corrected chi connectivity index (χ4v) is 3.26. The van der Waals surface area contributed by atoms with Crippen LogP contribution in [-0.4, -0.2) is 53.1 Å². The molecule has 2 aliphatic rings. The molecule has 0 aromatic heterocycles. The van der Waals surface area contributed by atoms with E-state index < -0.39 is 16.3 Å². The fourth-order valence-electron chi connectivity index (χ4n) is 2.06. The number of hydrogen-bond acceptors (Lipinski definition) is 8. The lowest BCUT2D eigenvalue weighted by Gasteiger charge is -2.51. The molecule has 0 fully saturated rings. The van der Waals surface area contributed by atoms with Crippen molar-refractivity contribution in [1.82, 2.24) is 10.4 Å². The first-order chi connectivity index (χ1) is 8.90. The molecular weight excluding hydrogens is 365 g/mol. The van der Waals surface area contributed by atoms with Gasteiger partial charge in [-0.25, -0.2) is 9.98 Å². The van der Waals surface area contributed by atoms with Gasteiger partial charge in [0.05, 0.1) is 13.4 Å². The standard InChI is InChI=1S/C8H12BrCl2N5O3/c1-17-6-5(11)15-8(9,12)16(18-2)7(6,19-3-10)14-4-13-6/h4H,3,12H2,1-2H3,(H,13,14). The van der Waals surface area contributed by atoms with Gasteiger partial charge in [-0.05, 0) is 15.9 Å². The van der Waals surface area contributed by atoms with E-state index in [2.05, 4.69) is 31.2 Å². The molecule has 0 bridgehead atoms. The van der Waals surface area contributed by atoms with Crippen molar-refractivity contribution in [3.63, 3.8) is 0 Å². The van der Waals surface area contributed by atoms with Crippen molar-refractivity contribution in [3.05, 3.63) is 0 Å². The Morgan fingerprint density at radius 2 is 2.26 bits per heavy atom. The molecule has 3 N–H and O–H groups in total. The number of methoxy groups -OCH3 is 1. The van der Waals surface area contributed by atoms with Crippen molar-refractivity contribution >= 4 is 50.6 Å². The fraction of sp³-hybridized carbons (Fsp3) is 0.750. The minimum Gasteiger partial charge on any atom is -0.347 e. The van der Waals surface area contributed by atoms with Gasteiger partial charge < -0.3 is 14.8 Å². The van der Waals surface area contributed by atoms with Crippen molar-refractivity contribution < 1.29 is 14.3 Å². The molecule has 3 atom stereocenters. The van der Waals surface area contributed by atoms with Gasteiger partial charge in [-0.3, -0.25) is 10.6 Å². The number of rotatable bonds is 4. The first kappa shape index (κ1) is 15.4. The lowest BCUT2D eigenvalue weighted by Crippen LogP contribution is -2.77. The average molecular weight is 377 g/mol. The molecule has 0 aromatic carbocycles. The van der Waals surface area contributed by atoms with Crippen molar-refractivity contribution in [2.45, 2.75) is 16.3 Å². The maximum atomic E-state index is 6.17. The highest BCUT2D eigenvalue weighted by atomic mass is 79.9. The molecule has 11 heteroatoms. The molecule has 108 valence electrons. The zero-order valence-corrected chi connectivity index (χ0v) is 13.2. The van der Waals surface area contributed by atoms with Crippen LogP contribution in [-0.2, 0) is 14.3 Å².